The topological polar surface area (TPSA) is 546 Å². The summed E-state index contributed by atoms with van der Waals surface area (Å²) in [6.07, 6.45) is -3.12. The molecule has 0 bridgehead atoms. The highest BCUT2D eigenvalue weighted by atomic mass is 32.1. The fourth-order valence-electron chi connectivity index (χ4n) is 14.2. The highest BCUT2D eigenvalue weighted by molar-refractivity contribution is 7.13. The summed E-state index contributed by atoms with van der Waals surface area (Å²) in [5.41, 5.74) is -7.62. The maximum absolute atomic E-state index is 14.5. The molecule has 43 heteroatoms. The second-order valence-corrected chi connectivity index (χ2v) is 32.5. The molecule has 6 aromatic rings. The number of aromatic nitrogens is 4. The minimum Gasteiger partial charge on any atom is -0.503 e. The van der Waals surface area contributed by atoms with Gasteiger partial charge in [-0.15, -0.1) is 22.7 Å². The number of cyclic esters (lactones) is 2. The number of aryl methyl sites for hydroxylation is 1. The number of fused-ring (bicyclic) bond motifs is 3. The Bertz CT molecular complexity index is 5300. The summed E-state index contributed by atoms with van der Waals surface area (Å²) < 4.78 is 45.7. The zero-order chi connectivity index (χ0) is 85.4. The number of aromatic hydroxyl groups is 1. The number of oxime groups is 2. The number of anilines is 1. The number of hydrogen-bond acceptors (Lipinski definition) is 36. The number of ether oxygens (including phenoxy) is 8. The highest BCUT2D eigenvalue weighted by Gasteiger charge is 2.68. The number of nitrogens with zero attached hydrogens (tertiary/aromatic N) is 9. The van der Waals surface area contributed by atoms with Gasteiger partial charge >= 0.3 is 53.1 Å². The monoisotopic (exact) mass is 1680 g/mol. The first kappa shape index (κ1) is 82.7. The van der Waals surface area contributed by atoms with Crippen LogP contribution in [0.25, 0.3) is 0 Å². The number of nitrogen functional groups attached to an aromatic ring is 1. The Morgan fingerprint density at radius 1 is 0.588 bits per heavy atom. The van der Waals surface area contributed by atoms with Crippen molar-refractivity contribution in [2.75, 3.05) is 45.4 Å². The molecule has 6 saturated heterocycles. The van der Waals surface area contributed by atoms with E-state index in [9.17, 15) is 87.2 Å². The number of carbonyl (C=O) groups excluding carboxylic acids is 12. The number of hydroxylamine groups is 4. The molecular weight excluding hydrogens is 1610 g/mol. The van der Waals surface area contributed by atoms with E-state index in [-0.39, 0.29) is 102 Å². The number of Topliss-reactive ketones (excluding diaryl/α,β-unsaturated/α-hetero) is 2. The minimum absolute atomic E-state index is 0.0307. The first-order valence-electron chi connectivity index (χ1n) is 36.8. The maximum Gasteiger partial charge on any atom is 0.375 e. The van der Waals surface area contributed by atoms with Gasteiger partial charge in [-0.05, 0) is 48.5 Å². The van der Waals surface area contributed by atoms with E-state index in [4.69, 9.17) is 63.0 Å². The van der Waals surface area contributed by atoms with Crippen molar-refractivity contribution >= 4 is 122 Å². The number of benzene rings is 2. The quantitative estimate of drug-likeness (QED) is 0.0214. The number of esters is 4. The van der Waals surface area contributed by atoms with Gasteiger partial charge in [0, 0.05) is 72.5 Å². The van der Waals surface area contributed by atoms with Gasteiger partial charge < -0.3 is 73.6 Å². The smallest absolute Gasteiger partial charge is 0.375 e. The highest BCUT2D eigenvalue weighted by Crippen LogP contribution is 2.50. The number of pyridine rings is 2. The molecule has 41 nitrogen and oxygen atoms in total. The number of thiazole rings is 2. The van der Waals surface area contributed by atoms with E-state index in [1.807, 2.05) is 17.1 Å². The van der Waals surface area contributed by atoms with E-state index < -0.39 is 214 Å². The van der Waals surface area contributed by atoms with Crippen LogP contribution in [-0.4, -0.2) is 235 Å². The van der Waals surface area contributed by atoms with Crippen molar-refractivity contribution in [1.29, 1.82) is 0 Å². The molecule has 15 rings (SSSR count). The molecule has 624 valence electrons. The summed E-state index contributed by atoms with van der Waals surface area (Å²) in [6.45, 7) is 10.8. The molecule has 0 radical (unpaired) electrons. The van der Waals surface area contributed by atoms with Gasteiger partial charge in [0.2, 0.25) is 11.2 Å². The fraction of sp³-hybridized carbons (Fsp3) is 0.421. The number of imide groups is 2. The molecular formula is C76H73N11O30S2. The van der Waals surface area contributed by atoms with Crippen LogP contribution >= 0.6 is 22.7 Å². The van der Waals surface area contributed by atoms with Crippen molar-refractivity contribution in [3.05, 3.63) is 144 Å². The average molecular weight is 1680 g/mol. The predicted molar refractivity (Wildman–Crippen MR) is 396 cm³/mol. The third kappa shape index (κ3) is 15.2. The van der Waals surface area contributed by atoms with Crippen molar-refractivity contribution < 1.29 is 140 Å². The Hall–Kier alpha value is -12.8. The van der Waals surface area contributed by atoms with E-state index >= 15 is 0 Å². The van der Waals surface area contributed by atoms with Crippen LogP contribution in [0.4, 0.5) is 5.13 Å². The van der Waals surface area contributed by atoms with Crippen LogP contribution in [0.2, 0.25) is 0 Å². The Kier molecular flexibility index (Phi) is 21.7. The van der Waals surface area contributed by atoms with Gasteiger partial charge in [0.05, 0.1) is 80.5 Å². The lowest BCUT2D eigenvalue weighted by Crippen LogP contribution is -2.57. The predicted octanol–water partition coefficient (Wildman–Crippen LogP) is 3.35. The van der Waals surface area contributed by atoms with Crippen LogP contribution in [0, 0.1) is 18.8 Å². The summed E-state index contributed by atoms with van der Waals surface area (Å²) in [5, 5.41) is 42.0. The second-order valence-electron chi connectivity index (χ2n) is 30.5. The van der Waals surface area contributed by atoms with Crippen LogP contribution in [0.3, 0.4) is 0 Å². The number of nitrogens with one attached hydrogen (secondary N) is 1. The number of ketones is 2. The number of aliphatic carboxylic acids is 2. The lowest BCUT2D eigenvalue weighted by Gasteiger charge is -2.35. The molecule has 0 saturated carbocycles. The Labute approximate surface area is 679 Å². The van der Waals surface area contributed by atoms with Gasteiger partial charge in [-0.3, -0.25) is 62.6 Å². The van der Waals surface area contributed by atoms with Crippen LogP contribution < -0.4 is 20.8 Å². The number of nitrogens with two attached hydrogens (primary N) is 1. The number of rotatable bonds is 22. The van der Waals surface area contributed by atoms with Crippen LogP contribution in [0.1, 0.15) is 162 Å². The normalized spacial score (nSPS) is 23.7. The molecule has 2 unspecified atom stereocenters. The third-order valence-corrected chi connectivity index (χ3v) is 21.6. The van der Waals surface area contributed by atoms with E-state index in [1.54, 1.807) is 102 Å². The van der Waals surface area contributed by atoms with Crippen molar-refractivity contribution in [2.45, 2.75) is 152 Å². The molecule has 13 heterocycles. The van der Waals surface area contributed by atoms with E-state index in [1.165, 1.54) is 22.8 Å². The Morgan fingerprint density at radius 2 is 1.08 bits per heavy atom. The molecule has 6 amide bonds. The standard InChI is InChI=1S/C49H49N5O15S.C27H24N6O15S/c1-27-50-32(26-70-27)37(52-69-47(18-20-62-21-19-47)43(60)67-45(2,3)4)34(55)22-28-25-63-54(39(28)56)48(44(61)68-46(5,6)7)24-33(42(59)66-48)53-40(57)31-23-35-38(51-36(31)41(53)58)65-49(64-35,29-14-10-8-11-15-29)30-16-12-9-13-17-30;28-25-29-12(9-49-25)17(31-48-26(23(41)42)1-3-45-4-2-26)14(34)5-10-8-46-33(19(10)37)27(24(43)44)7-13(22(40)47-27)32-20(38)11-6-15(35)18(36)30-16(11)21(32)39/h8-17,23,26,28,33H,18-22,24-25H2,1-7H3;6,9-10,13,35H,1-5,7-8H2,(H2,28,29)(H,30,36)(H,41,42)(H,43,44)/b52-37-;31-17-/t28-,33-,48?;10-,13-,27?/m00/s1. The number of carboxylic acids is 2. The summed E-state index contributed by atoms with van der Waals surface area (Å²) in [5.74, 6) is -21.1. The molecule has 9 aliphatic heterocycles. The first-order chi connectivity index (χ1) is 56.3. The summed E-state index contributed by atoms with van der Waals surface area (Å²) in [7, 11) is 0. The number of carbonyl (C=O) groups is 14. The van der Waals surface area contributed by atoms with E-state index in [2.05, 4.69) is 25.3 Å². The van der Waals surface area contributed by atoms with Crippen LogP contribution in [0.5, 0.6) is 17.4 Å². The SMILES string of the molecule is Cc1nc(/C(=N/OC2(C(=O)OC(C)(C)C)CCOCC2)C(=O)C[C@H]2CON(C3(C(=O)OC(C)(C)C)C[C@H](N4C(=O)c5cc6c(nc5C4=O)OC(c4ccccc4)(c4ccccc4)O6)C(=O)O3)C2=O)cs1.Nc1nc(/C(=N/OC2(C(=O)O)CCOCC2)C(=O)C[C@H]2CON(C3(C(=O)O)C[C@H](N4C(=O)c5cc(O)c(=O)[nH]c5C4=O)C(=O)O3)C2=O)cs1. The lowest BCUT2D eigenvalue weighted by atomic mass is 9.94. The number of H-pyrrole nitrogens is 1. The van der Waals surface area contributed by atoms with Crippen molar-refractivity contribution in [2.24, 2.45) is 22.1 Å². The molecule has 0 aliphatic carbocycles. The Balaban J connectivity index is 0.000000208. The Morgan fingerprint density at radius 3 is 1.59 bits per heavy atom. The van der Waals surface area contributed by atoms with Gasteiger partial charge in [-0.2, -0.15) is 10.1 Å². The van der Waals surface area contributed by atoms with E-state index in [0.29, 0.717) is 37.1 Å². The second kappa shape index (κ2) is 31.2. The number of aromatic amines is 1. The minimum atomic E-state index is -2.90. The lowest BCUT2D eigenvalue weighted by molar-refractivity contribution is -0.263. The summed E-state index contributed by atoms with van der Waals surface area (Å²) in [4.78, 5) is 240. The van der Waals surface area contributed by atoms with Gasteiger partial charge in [-0.1, -0.05) is 71.0 Å². The van der Waals surface area contributed by atoms with E-state index in [0.717, 1.165) is 11.3 Å². The molecule has 6 atom stereocenters. The number of hydrogen-bond donors (Lipinski definition) is 5. The molecule has 6 fully saturated rings. The fourth-order valence-corrected chi connectivity index (χ4v) is 15.4. The van der Waals surface area contributed by atoms with Gasteiger partial charge in [0.15, 0.2) is 39.6 Å². The molecule has 0 spiro atoms. The largest absolute Gasteiger partial charge is 0.503 e. The van der Waals surface area contributed by atoms with Crippen molar-refractivity contribution in [3.63, 3.8) is 0 Å². The maximum atomic E-state index is 14.5. The summed E-state index contributed by atoms with van der Waals surface area (Å²) >= 11 is 2.16. The molecule has 4 aromatic heterocycles. The first-order valence-corrected chi connectivity index (χ1v) is 38.6. The molecule has 119 heavy (non-hydrogen) atoms. The van der Waals surface area contributed by atoms with Crippen LogP contribution in [0.15, 0.2) is 98.7 Å². The van der Waals surface area contributed by atoms with Gasteiger partial charge in [0.25, 0.3) is 46.9 Å². The van der Waals surface area contributed by atoms with Crippen molar-refractivity contribution in [3.8, 4) is 17.4 Å². The van der Waals surface area contributed by atoms with Crippen molar-refractivity contribution in [1.82, 2.24) is 39.9 Å². The third-order valence-electron chi connectivity index (χ3n) is 20.2. The molecule has 6 N–H and O–H groups in total. The van der Waals surface area contributed by atoms with Crippen LogP contribution in [-0.2, 0) is 102 Å². The average Bonchev–Trinajstić information content (AvgIpc) is 1.56. The van der Waals surface area contributed by atoms with Gasteiger partial charge in [-0.25, -0.2) is 43.7 Å². The molecule has 2 aromatic carbocycles. The zero-order valence-electron chi connectivity index (χ0n) is 64.1. The zero-order valence-corrected chi connectivity index (χ0v) is 65.7. The molecule has 9 aliphatic rings. The number of carboxylic acid groups (broad SMARTS) is 2. The summed E-state index contributed by atoms with van der Waals surface area (Å²) in [6, 6.07) is 16.4. The van der Waals surface area contributed by atoms with Gasteiger partial charge in [0.1, 0.15) is 46.1 Å². The number of amides is 6.